The van der Waals surface area contributed by atoms with Gasteiger partial charge in [0.15, 0.2) is 5.13 Å². The van der Waals surface area contributed by atoms with Crippen LogP contribution in [0.3, 0.4) is 0 Å². The van der Waals surface area contributed by atoms with Gasteiger partial charge in [-0.25, -0.2) is 14.6 Å². The fourth-order valence-electron chi connectivity index (χ4n) is 2.03. The van der Waals surface area contributed by atoms with Gasteiger partial charge in [0.2, 0.25) is 5.71 Å². The van der Waals surface area contributed by atoms with Crippen LogP contribution in [0, 0.1) is 0 Å². The predicted octanol–water partition coefficient (Wildman–Crippen LogP) is 2.20. The molecule has 24 heavy (non-hydrogen) atoms. The molecule has 0 fully saturated rings. The molecule has 0 amide bonds. The Labute approximate surface area is 146 Å². The molecule has 0 aromatic carbocycles. The number of carboxylic acids is 1. The van der Waals surface area contributed by atoms with Crippen LogP contribution < -0.4 is 5.73 Å². The largest absolute Gasteiger partial charge is 0.476 e. The number of carbonyl (C=O) groups is 2. The summed E-state index contributed by atoms with van der Waals surface area (Å²) in [7, 11) is 0. The molecule has 0 aliphatic rings. The van der Waals surface area contributed by atoms with Gasteiger partial charge in [0.25, 0.3) is 0 Å². The Morgan fingerprint density at radius 2 is 1.92 bits per heavy atom. The van der Waals surface area contributed by atoms with Gasteiger partial charge in [0.1, 0.15) is 5.69 Å². The second-order valence-electron chi connectivity index (χ2n) is 5.42. The van der Waals surface area contributed by atoms with E-state index in [1.54, 1.807) is 0 Å². The molecule has 8 nitrogen and oxygen atoms in total. The Bertz CT molecular complexity index is 562. The lowest BCUT2D eigenvalue weighted by atomic mass is 10.2. The average Bonchev–Trinajstić information content (AvgIpc) is 2.85. The van der Waals surface area contributed by atoms with Crippen molar-refractivity contribution < 1.29 is 19.5 Å². The molecule has 0 saturated heterocycles. The van der Waals surface area contributed by atoms with Gasteiger partial charge in [-0.1, -0.05) is 12.1 Å². The maximum Gasteiger partial charge on any atom is 0.360 e. The Kier molecular flexibility index (Phi) is 9.82. The van der Waals surface area contributed by atoms with Crippen molar-refractivity contribution >= 4 is 34.1 Å². The van der Waals surface area contributed by atoms with E-state index in [2.05, 4.69) is 54.5 Å². The fourth-order valence-corrected chi connectivity index (χ4v) is 2.58. The van der Waals surface area contributed by atoms with Crippen LogP contribution in [-0.2, 0) is 14.4 Å². The first-order valence-electron chi connectivity index (χ1n) is 7.56. The van der Waals surface area contributed by atoms with Crippen LogP contribution in [-0.4, -0.2) is 51.3 Å². The predicted molar refractivity (Wildman–Crippen MR) is 95.1 cm³/mol. The summed E-state index contributed by atoms with van der Waals surface area (Å²) >= 11 is 1.07. The number of thiazole rings is 1. The van der Waals surface area contributed by atoms with Gasteiger partial charge in [-0.05, 0) is 34.2 Å². The second kappa shape index (κ2) is 10.7. The molecule has 0 aliphatic heterocycles. The number of anilines is 1. The Hall–Kier alpha value is -2.00. The third kappa shape index (κ3) is 8.02. The van der Waals surface area contributed by atoms with E-state index in [1.165, 1.54) is 5.38 Å². The zero-order valence-corrected chi connectivity index (χ0v) is 15.8. The number of oxime groups is 1. The summed E-state index contributed by atoms with van der Waals surface area (Å²) in [5, 5.41) is 13.5. The number of aromatic nitrogens is 1. The molecule has 0 spiro atoms. The second-order valence-corrected chi connectivity index (χ2v) is 6.31. The molecular weight excluding hydrogens is 332 g/mol. The number of nitrogens with two attached hydrogens (primary N) is 1. The molecule has 9 heteroatoms. The Balaban J connectivity index is 0.000000506. The van der Waals surface area contributed by atoms with E-state index >= 15 is 0 Å². The molecule has 3 N–H and O–H groups in total. The first-order valence-corrected chi connectivity index (χ1v) is 8.44. The van der Waals surface area contributed by atoms with Crippen molar-refractivity contribution in [2.24, 2.45) is 5.16 Å². The van der Waals surface area contributed by atoms with Crippen LogP contribution in [0.1, 0.15) is 47.2 Å². The number of nitrogen functional groups attached to an aromatic ring is 1. The molecule has 0 bridgehead atoms. The monoisotopic (exact) mass is 358 g/mol. The maximum absolute atomic E-state index is 10.7. The van der Waals surface area contributed by atoms with Crippen LogP contribution >= 0.6 is 11.3 Å². The number of nitrogens with zero attached hydrogens (tertiary/aromatic N) is 3. The van der Waals surface area contributed by atoms with Crippen molar-refractivity contribution in [3.05, 3.63) is 11.1 Å². The van der Waals surface area contributed by atoms with Crippen molar-refractivity contribution in [1.82, 2.24) is 9.88 Å². The summed E-state index contributed by atoms with van der Waals surface area (Å²) < 4.78 is 0. The van der Waals surface area contributed by atoms with Crippen LogP contribution in [0.5, 0.6) is 0 Å². The van der Waals surface area contributed by atoms with Crippen molar-refractivity contribution in [2.75, 3.05) is 12.3 Å². The van der Waals surface area contributed by atoms with Gasteiger partial charge in [0.05, 0.1) is 0 Å². The standard InChI is InChI=1S/C8H19N.C7H7N3O4S/c1-6-9(7(2)3)8(4)5;1-3(11)14-10-5(6(12)13)4-2-15-7(8)9-4/h7-8H,6H2,1-5H3;2H,1H3,(H2,8,9)(H,12,13)/b;10-5-. The van der Waals surface area contributed by atoms with E-state index in [9.17, 15) is 9.59 Å². The summed E-state index contributed by atoms with van der Waals surface area (Å²) in [6.45, 7) is 13.4. The highest BCUT2D eigenvalue weighted by atomic mass is 32.1. The van der Waals surface area contributed by atoms with E-state index in [-0.39, 0.29) is 10.8 Å². The molecule has 136 valence electrons. The lowest BCUT2D eigenvalue weighted by Crippen LogP contribution is -2.36. The van der Waals surface area contributed by atoms with E-state index < -0.39 is 17.7 Å². The first kappa shape index (κ1) is 22.0. The first-order chi connectivity index (χ1) is 11.1. The van der Waals surface area contributed by atoms with Gasteiger partial charge in [-0.3, -0.25) is 4.90 Å². The summed E-state index contributed by atoms with van der Waals surface area (Å²) in [5.41, 5.74) is 4.93. The molecule has 0 unspecified atom stereocenters. The third-order valence-electron chi connectivity index (χ3n) is 2.92. The fraction of sp³-hybridized carbons (Fsp3) is 0.600. The van der Waals surface area contributed by atoms with Crippen LogP contribution in [0.25, 0.3) is 0 Å². The number of hydrogen-bond acceptors (Lipinski definition) is 8. The minimum Gasteiger partial charge on any atom is -0.476 e. The highest BCUT2D eigenvalue weighted by molar-refractivity contribution is 7.13. The van der Waals surface area contributed by atoms with Crippen molar-refractivity contribution in [3.8, 4) is 0 Å². The van der Waals surface area contributed by atoms with E-state index in [0.717, 1.165) is 24.8 Å². The topological polar surface area (TPSA) is 118 Å². The van der Waals surface area contributed by atoms with E-state index in [4.69, 9.17) is 10.8 Å². The summed E-state index contributed by atoms with van der Waals surface area (Å²) in [6.07, 6.45) is 0. The van der Waals surface area contributed by atoms with Gasteiger partial charge >= 0.3 is 11.9 Å². The average molecular weight is 358 g/mol. The van der Waals surface area contributed by atoms with Gasteiger partial charge in [-0.15, -0.1) is 11.3 Å². The molecular formula is C15H26N4O4S. The SMILES string of the molecule is CC(=O)O/N=C(\C(=O)O)c1csc(N)n1.CCN(C(C)C)C(C)C. The normalized spacial score (nSPS) is 11.5. The number of carboxylic acid groups (broad SMARTS) is 1. The van der Waals surface area contributed by atoms with Crippen LogP contribution in [0.4, 0.5) is 5.13 Å². The minimum absolute atomic E-state index is 0.0613. The van der Waals surface area contributed by atoms with E-state index in [0.29, 0.717) is 12.1 Å². The molecule has 0 saturated carbocycles. The van der Waals surface area contributed by atoms with Crippen molar-refractivity contribution in [3.63, 3.8) is 0 Å². The Morgan fingerprint density at radius 1 is 1.38 bits per heavy atom. The van der Waals surface area contributed by atoms with Crippen molar-refractivity contribution in [2.45, 2.75) is 53.6 Å². The Morgan fingerprint density at radius 3 is 2.17 bits per heavy atom. The highest BCUT2D eigenvalue weighted by Crippen LogP contribution is 2.12. The lowest BCUT2D eigenvalue weighted by Gasteiger charge is -2.28. The summed E-state index contributed by atoms with van der Waals surface area (Å²) in [6, 6.07) is 1.38. The van der Waals surface area contributed by atoms with E-state index in [1.807, 2.05) is 0 Å². The zero-order valence-electron chi connectivity index (χ0n) is 14.9. The van der Waals surface area contributed by atoms with Gasteiger partial charge < -0.3 is 15.7 Å². The molecule has 0 aliphatic carbocycles. The summed E-state index contributed by atoms with van der Waals surface area (Å²) in [5.74, 6) is -2.06. The quantitative estimate of drug-likeness (QED) is 0.454. The van der Waals surface area contributed by atoms with Crippen molar-refractivity contribution in [1.29, 1.82) is 0 Å². The third-order valence-corrected chi connectivity index (χ3v) is 3.60. The molecule has 1 aromatic rings. The number of hydrogen-bond donors (Lipinski definition) is 2. The van der Waals surface area contributed by atoms with Crippen LogP contribution in [0.15, 0.2) is 10.5 Å². The lowest BCUT2D eigenvalue weighted by molar-refractivity contribution is -0.141. The number of carbonyl (C=O) groups excluding carboxylic acids is 1. The van der Waals surface area contributed by atoms with Gasteiger partial charge in [-0.2, -0.15) is 0 Å². The molecule has 1 aromatic heterocycles. The van der Waals surface area contributed by atoms with Crippen LogP contribution in [0.2, 0.25) is 0 Å². The molecule has 1 rings (SSSR count). The zero-order chi connectivity index (χ0) is 18.9. The number of rotatable bonds is 6. The smallest absolute Gasteiger partial charge is 0.360 e. The summed E-state index contributed by atoms with van der Waals surface area (Å²) in [4.78, 5) is 31.5. The molecule has 0 atom stereocenters. The molecule has 1 heterocycles. The van der Waals surface area contributed by atoms with Gasteiger partial charge in [0, 0.05) is 24.4 Å². The molecule has 0 radical (unpaired) electrons. The maximum atomic E-state index is 10.7. The highest BCUT2D eigenvalue weighted by Gasteiger charge is 2.17. The number of aliphatic carboxylic acids is 1. The minimum atomic E-state index is -1.35.